The molecular formula is C5H7N3O2S. The molecule has 0 spiro atoms. The number of aryl methyl sites for hydroxylation is 1. The van der Waals surface area contributed by atoms with Gasteiger partial charge >= 0.3 is 0 Å². The molecule has 0 atom stereocenters. The number of nitrogens with zero attached hydrogens (tertiary/aromatic N) is 2. The molecule has 1 rings (SSSR count). The molecule has 0 aliphatic carbocycles. The van der Waals surface area contributed by atoms with Crippen LogP contribution in [0.25, 0.3) is 0 Å². The second-order valence-electron chi connectivity index (χ2n) is 1.81. The van der Waals surface area contributed by atoms with Crippen LogP contribution in [0.5, 0.6) is 0 Å². The van der Waals surface area contributed by atoms with Crippen LogP contribution in [-0.4, -0.2) is 22.6 Å². The fourth-order valence-corrected chi connectivity index (χ4v) is 1.05. The highest BCUT2D eigenvalue weighted by Gasteiger charge is 2.11. The maximum Gasteiger partial charge on any atom is 0.296 e. The van der Waals surface area contributed by atoms with Crippen LogP contribution < -0.4 is 5.48 Å². The molecule has 0 unspecified atom stereocenters. The Morgan fingerprint density at radius 3 is 2.91 bits per heavy atom. The van der Waals surface area contributed by atoms with Gasteiger partial charge in [0.25, 0.3) is 5.91 Å². The van der Waals surface area contributed by atoms with Gasteiger partial charge in [-0.15, -0.1) is 5.10 Å². The van der Waals surface area contributed by atoms with Crippen molar-refractivity contribution < 1.29 is 9.63 Å². The summed E-state index contributed by atoms with van der Waals surface area (Å²) in [5.74, 6) is -0.362. The second-order valence-corrected chi connectivity index (χ2v) is 2.77. The average Bonchev–Trinajstić information content (AvgIpc) is 2.36. The van der Waals surface area contributed by atoms with E-state index in [9.17, 15) is 4.79 Å². The molecule has 1 aromatic rings. The Morgan fingerprint density at radius 1 is 1.73 bits per heavy atom. The van der Waals surface area contributed by atoms with Gasteiger partial charge < -0.3 is 0 Å². The van der Waals surface area contributed by atoms with Crippen LogP contribution in [0.15, 0.2) is 0 Å². The van der Waals surface area contributed by atoms with Crippen molar-refractivity contribution in [3.8, 4) is 0 Å². The molecule has 0 radical (unpaired) electrons. The van der Waals surface area contributed by atoms with Gasteiger partial charge in [0.15, 0.2) is 5.69 Å². The number of hydrogen-bond acceptors (Lipinski definition) is 5. The van der Waals surface area contributed by atoms with Crippen LogP contribution in [0.1, 0.15) is 15.4 Å². The maximum atomic E-state index is 11.0. The lowest BCUT2D eigenvalue weighted by Crippen LogP contribution is -2.22. The minimum absolute atomic E-state index is 0.317. The van der Waals surface area contributed by atoms with Crippen LogP contribution in [0, 0.1) is 6.92 Å². The molecule has 5 nitrogen and oxygen atoms in total. The monoisotopic (exact) mass is 173 g/mol. The zero-order valence-electron chi connectivity index (χ0n) is 6.12. The summed E-state index contributed by atoms with van der Waals surface area (Å²) in [5.41, 5.74) is 2.47. The van der Waals surface area contributed by atoms with E-state index in [0.29, 0.717) is 5.69 Å². The predicted octanol–water partition coefficient (Wildman–Crippen LogP) is 0.138. The summed E-state index contributed by atoms with van der Waals surface area (Å²) in [6.45, 7) is 1.77. The van der Waals surface area contributed by atoms with Crippen LogP contribution in [0.2, 0.25) is 0 Å². The first-order valence-corrected chi connectivity index (χ1v) is 3.65. The van der Waals surface area contributed by atoms with Gasteiger partial charge in [0.2, 0.25) is 0 Å². The molecule has 0 fully saturated rings. The Hall–Kier alpha value is -1.01. The zero-order chi connectivity index (χ0) is 8.27. The first-order valence-electron chi connectivity index (χ1n) is 2.88. The maximum absolute atomic E-state index is 11.0. The van der Waals surface area contributed by atoms with Crippen molar-refractivity contribution >= 4 is 17.4 Å². The minimum Gasteiger partial charge on any atom is -0.277 e. The van der Waals surface area contributed by atoms with Crippen LogP contribution in [0.4, 0.5) is 0 Å². The third kappa shape index (κ3) is 1.72. The molecular weight excluding hydrogens is 166 g/mol. The van der Waals surface area contributed by atoms with E-state index in [1.165, 1.54) is 18.6 Å². The molecule has 1 N–H and O–H groups in total. The molecule has 6 heteroatoms. The highest BCUT2D eigenvalue weighted by atomic mass is 32.1. The lowest BCUT2D eigenvalue weighted by molar-refractivity contribution is 0.0532. The highest BCUT2D eigenvalue weighted by molar-refractivity contribution is 7.05. The minimum atomic E-state index is -0.362. The van der Waals surface area contributed by atoms with Crippen molar-refractivity contribution in [1.82, 2.24) is 15.1 Å². The lowest BCUT2D eigenvalue weighted by Gasteiger charge is -1.96. The Kier molecular flexibility index (Phi) is 2.50. The molecule has 0 aliphatic heterocycles. The van der Waals surface area contributed by atoms with Crippen molar-refractivity contribution in [3.63, 3.8) is 0 Å². The molecule has 0 saturated heterocycles. The zero-order valence-corrected chi connectivity index (χ0v) is 6.94. The van der Waals surface area contributed by atoms with Crippen molar-refractivity contribution in [2.24, 2.45) is 0 Å². The first-order chi connectivity index (χ1) is 5.25. The molecule has 60 valence electrons. The van der Waals surface area contributed by atoms with Crippen LogP contribution in [-0.2, 0) is 4.84 Å². The number of aromatic nitrogens is 2. The van der Waals surface area contributed by atoms with Gasteiger partial charge in [-0.3, -0.25) is 9.63 Å². The molecule has 1 heterocycles. The summed E-state index contributed by atoms with van der Waals surface area (Å²) in [5, 5.41) is 3.61. The topological polar surface area (TPSA) is 64.1 Å². The van der Waals surface area contributed by atoms with E-state index in [-0.39, 0.29) is 5.91 Å². The molecule has 11 heavy (non-hydrogen) atoms. The highest BCUT2D eigenvalue weighted by Crippen LogP contribution is 2.06. The summed E-state index contributed by atoms with van der Waals surface area (Å²) >= 11 is 1.18. The second kappa shape index (κ2) is 3.40. The number of carbonyl (C=O) groups is 1. The summed E-state index contributed by atoms with van der Waals surface area (Å²) < 4.78 is 3.60. The average molecular weight is 173 g/mol. The Morgan fingerprint density at radius 2 is 2.45 bits per heavy atom. The van der Waals surface area contributed by atoms with E-state index in [4.69, 9.17) is 0 Å². The lowest BCUT2D eigenvalue weighted by atomic mass is 10.4. The van der Waals surface area contributed by atoms with E-state index >= 15 is 0 Å². The number of hydrogen-bond donors (Lipinski definition) is 1. The smallest absolute Gasteiger partial charge is 0.277 e. The number of rotatable bonds is 2. The molecule has 0 aromatic carbocycles. The number of nitrogens with one attached hydrogen (secondary N) is 1. The third-order valence-corrected chi connectivity index (χ3v) is 1.69. The van der Waals surface area contributed by atoms with E-state index < -0.39 is 0 Å². The van der Waals surface area contributed by atoms with E-state index in [0.717, 1.165) is 4.88 Å². The fourth-order valence-electron chi connectivity index (χ4n) is 0.582. The summed E-state index contributed by atoms with van der Waals surface area (Å²) in [7, 11) is 1.37. The Labute approximate surface area is 67.5 Å². The molecule has 0 aliphatic rings. The normalized spacial score (nSPS) is 9.64. The Balaban J connectivity index is 2.76. The SMILES string of the molecule is CONC(=O)c1nnsc1C. The standard InChI is InChI=1S/C5H7N3O2S/c1-3-4(6-8-11-3)5(9)7-10-2/h1-2H3,(H,7,9). The van der Waals surface area contributed by atoms with E-state index in [1.807, 2.05) is 0 Å². The van der Waals surface area contributed by atoms with Crippen molar-refractivity contribution in [3.05, 3.63) is 10.6 Å². The fraction of sp³-hybridized carbons (Fsp3) is 0.400. The van der Waals surface area contributed by atoms with Gasteiger partial charge in [-0.05, 0) is 18.5 Å². The van der Waals surface area contributed by atoms with Gasteiger partial charge in [-0.2, -0.15) is 0 Å². The van der Waals surface area contributed by atoms with Gasteiger partial charge in [0.05, 0.1) is 12.0 Å². The van der Waals surface area contributed by atoms with E-state index in [1.54, 1.807) is 6.92 Å². The van der Waals surface area contributed by atoms with Crippen molar-refractivity contribution in [2.45, 2.75) is 6.92 Å². The van der Waals surface area contributed by atoms with Crippen LogP contribution >= 0.6 is 11.5 Å². The van der Waals surface area contributed by atoms with Crippen LogP contribution in [0.3, 0.4) is 0 Å². The summed E-state index contributed by atoms with van der Waals surface area (Å²) in [6, 6.07) is 0. The van der Waals surface area contributed by atoms with Gasteiger partial charge in [0, 0.05) is 0 Å². The van der Waals surface area contributed by atoms with Crippen molar-refractivity contribution in [1.29, 1.82) is 0 Å². The molecule has 0 bridgehead atoms. The van der Waals surface area contributed by atoms with E-state index in [2.05, 4.69) is 19.9 Å². The van der Waals surface area contributed by atoms with Crippen molar-refractivity contribution in [2.75, 3.05) is 7.11 Å². The van der Waals surface area contributed by atoms with Gasteiger partial charge in [0.1, 0.15) is 0 Å². The van der Waals surface area contributed by atoms with Gasteiger partial charge in [-0.25, -0.2) is 5.48 Å². The number of hydroxylamine groups is 1. The summed E-state index contributed by atoms with van der Waals surface area (Å²) in [6.07, 6.45) is 0. The Bertz CT molecular complexity index is 260. The summed E-state index contributed by atoms with van der Waals surface area (Å²) in [4.78, 5) is 16.2. The van der Waals surface area contributed by atoms with Gasteiger partial charge in [-0.1, -0.05) is 4.49 Å². The molecule has 1 aromatic heterocycles. The number of amides is 1. The molecule has 0 saturated carbocycles. The third-order valence-electron chi connectivity index (χ3n) is 1.06. The quantitative estimate of drug-likeness (QED) is 0.646. The molecule has 1 amide bonds. The predicted molar refractivity (Wildman–Crippen MR) is 39.1 cm³/mol. The number of carbonyl (C=O) groups excluding carboxylic acids is 1. The largest absolute Gasteiger partial charge is 0.296 e. The first kappa shape index (κ1) is 8.09.